The van der Waals surface area contributed by atoms with Gasteiger partial charge in [0.2, 0.25) is 0 Å². The molecule has 1 amide bonds. The molecule has 0 aliphatic carbocycles. The summed E-state index contributed by atoms with van der Waals surface area (Å²) in [4.78, 5) is 14.1. The molecule has 116 valence electrons. The van der Waals surface area contributed by atoms with Crippen LogP contribution in [0.15, 0.2) is 27.1 Å². The van der Waals surface area contributed by atoms with E-state index >= 15 is 0 Å². The van der Waals surface area contributed by atoms with Gasteiger partial charge in [-0.1, -0.05) is 28.8 Å². The summed E-state index contributed by atoms with van der Waals surface area (Å²) >= 11 is 6.79. The topological polar surface area (TPSA) is 49.8 Å². The molecule has 0 radical (unpaired) electrons. The lowest BCUT2D eigenvalue weighted by molar-refractivity contribution is -0.136. The smallest absolute Gasteiger partial charge is 0.260 e. The monoisotopic (exact) mass is 419 g/mol. The zero-order valence-corrected chi connectivity index (χ0v) is 14.9. The number of hydrogen-bond donors (Lipinski definition) is 1. The largest absolute Gasteiger partial charge is 0.483 e. The number of benzene rings is 1. The summed E-state index contributed by atoms with van der Waals surface area (Å²) in [5.74, 6) is 0.577. The van der Waals surface area contributed by atoms with Gasteiger partial charge in [-0.05, 0) is 47.0 Å². The summed E-state index contributed by atoms with van der Waals surface area (Å²) in [5.41, 5.74) is 0. The number of carbonyl (C=O) groups is 1. The van der Waals surface area contributed by atoms with E-state index in [1.54, 1.807) is 4.90 Å². The molecular weight excluding hydrogens is 402 g/mol. The zero-order valence-electron chi connectivity index (χ0n) is 11.7. The van der Waals surface area contributed by atoms with Crippen molar-refractivity contribution in [1.82, 2.24) is 4.90 Å². The van der Waals surface area contributed by atoms with E-state index in [0.717, 1.165) is 34.6 Å². The Balaban J connectivity index is 1.96. The van der Waals surface area contributed by atoms with Crippen LogP contribution in [0.1, 0.15) is 25.7 Å². The number of aliphatic hydroxyl groups is 1. The Morgan fingerprint density at radius 1 is 1.33 bits per heavy atom. The number of ether oxygens (including phenoxy) is 1. The molecule has 1 heterocycles. The third-order valence-electron chi connectivity index (χ3n) is 3.65. The molecule has 1 aromatic rings. The van der Waals surface area contributed by atoms with Gasteiger partial charge in [0.05, 0.1) is 17.1 Å². The first-order valence-corrected chi connectivity index (χ1v) is 8.68. The molecule has 1 N–H and O–H groups in total. The summed E-state index contributed by atoms with van der Waals surface area (Å²) < 4.78 is 7.35. The van der Waals surface area contributed by atoms with Crippen LogP contribution < -0.4 is 4.74 Å². The van der Waals surface area contributed by atoms with E-state index in [1.807, 2.05) is 18.2 Å². The van der Waals surface area contributed by atoms with Gasteiger partial charge >= 0.3 is 0 Å². The van der Waals surface area contributed by atoms with Crippen LogP contribution in [0.3, 0.4) is 0 Å². The number of hydrogen-bond acceptors (Lipinski definition) is 3. The van der Waals surface area contributed by atoms with Crippen LogP contribution in [0, 0.1) is 0 Å². The highest BCUT2D eigenvalue weighted by Crippen LogP contribution is 2.28. The third-order valence-corrected chi connectivity index (χ3v) is 4.77. The number of likely N-dealkylation sites (tertiary alicyclic amines) is 1. The van der Waals surface area contributed by atoms with E-state index in [-0.39, 0.29) is 25.2 Å². The van der Waals surface area contributed by atoms with Crippen molar-refractivity contribution < 1.29 is 14.6 Å². The van der Waals surface area contributed by atoms with Crippen LogP contribution in [0.2, 0.25) is 0 Å². The van der Waals surface area contributed by atoms with Crippen LogP contribution >= 0.6 is 31.9 Å². The molecule has 1 atom stereocenters. The van der Waals surface area contributed by atoms with Gasteiger partial charge in [0.15, 0.2) is 6.61 Å². The Morgan fingerprint density at radius 2 is 2.14 bits per heavy atom. The van der Waals surface area contributed by atoms with Crippen molar-refractivity contribution in [2.75, 3.05) is 19.8 Å². The lowest BCUT2D eigenvalue weighted by Crippen LogP contribution is -2.44. The minimum absolute atomic E-state index is 0.00324. The summed E-state index contributed by atoms with van der Waals surface area (Å²) in [7, 11) is 0. The fraction of sp³-hybridized carbons (Fsp3) is 0.533. The molecule has 1 aromatic carbocycles. The predicted octanol–water partition coefficient (Wildman–Crippen LogP) is 3.35. The van der Waals surface area contributed by atoms with Gasteiger partial charge in [0, 0.05) is 11.0 Å². The van der Waals surface area contributed by atoms with Crippen molar-refractivity contribution in [3.8, 4) is 5.75 Å². The Morgan fingerprint density at radius 3 is 2.86 bits per heavy atom. The number of carbonyl (C=O) groups excluding carboxylic acids is 1. The Labute approximate surface area is 141 Å². The van der Waals surface area contributed by atoms with Crippen molar-refractivity contribution in [2.24, 2.45) is 0 Å². The standard InChI is InChI=1S/C15H19Br2NO3/c16-11-5-6-14(13(17)8-11)21-10-15(20)18-7-3-1-2-4-12(18)9-19/h5-6,8,12,19H,1-4,7,9-10H2. The van der Waals surface area contributed by atoms with E-state index in [0.29, 0.717) is 12.3 Å². The molecule has 21 heavy (non-hydrogen) atoms. The van der Waals surface area contributed by atoms with Crippen LogP contribution in [0.5, 0.6) is 5.75 Å². The molecule has 6 heteroatoms. The van der Waals surface area contributed by atoms with E-state index in [4.69, 9.17) is 4.74 Å². The first kappa shape index (κ1) is 16.8. The lowest BCUT2D eigenvalue weighted by Gasteiger charge is -2.28. The summed E-state index contributed by atoms with van der Waals surface area (Å²) in [6.45, 7) is 0.722. The molecular formula is C15H19Br2NO3. The highest BCUT2D eigenvalue weighted by molar-refractivity contribution is 9.11. The van der Waals surface area contributed by atoms with Gasteiger partial charge in [-0.15, -0.1) is 0 Å². The third kappa shape index (κ3) is 4.69. The highest BCUT2D eigenvalue weighted by atomic mass is 79.9. The molecule has 1 fully saturated rings. The minimum Gasteiger partial charge on any atom is -0.483 e. The lowest BCUT2D eigenvalue weighted by atomic mass is 10.1. The molecule has 4 nitrogen and oxygen atoms in total. The van der Waals surface area contributed by atoms with E-state index < -0.39 is 0 Å². The van der Waals surface area contributed by atoms with Crippen molar-refractivity contribution in [3.05, 3.63) is 27.1 Å². The van der Waals surface area contributed by atoms with Crippen molar-refractivity contribution >= 4 is 37.8 Å². The number of rotatable bonds is 4. The average molecular weight is 421 g/mol. The first-order valence-electron chi connectivity index (χ1n) is 7.10. The second-order valence-corrected chi connectivity index (χ2v) is 6.91. The van der Waals surface area contributed by atoms with Gasteiger partial charge in [0.25, 0.3) is 5.91 Å². The molecule has 2 rings (SSSR count). The van der Waals surface area contributed by atoms with Crippen molar-refractivity contribution in [2.45, 2.75) is 31.7 Å². The van der Waals surface area contributed by atoms with Crippen molar-refractivity contribution in [3.63, 3.8) is 0 Å². The molecule has 0 aromatic heterocycles. The maximum absolute atomic E-state index is 12.3. The Bertz CT molecular complexity index is 496. The van der Waals surface area contributed by atoms with Crippen LogP contribution in [0.4, 0.5) is 0 Å². The number of halogens is 2. The zero-order chi connectivity index (χ0) is 15.2. The quantitative estimate of drug-likeness (QED) is 0.812. The molecule has 0 saturated carbocycles. The summed E-state index contributed by atoms with van der Waals surface area (Å²) in [6.07, 6.45) is 4.03. The van der Waals surface area contributed by atoms with Crippen LogP contribution in [0.25, 0.3) is 0 Å². The SMILES string of the molecule is O=C(COc1ccc(Br)cc1Br)N1CCCCCC1CO. The van der Waals surface area contributed by atoms with Crippen LogP contribution in [-0.2, 0) is 4.79 Å². The number of nitrogens with zero attached hydrogens (tertiary/aromatic N) is 1. The maximum atomic E-state index is 12.3. The van der Waals surface area contributed by atoms with E-state index in [1.165, 1.54) is 0 Å². The predicted molar refractivity (Wildman–Crippen MR) is 88.4 cm³/mol. The molecule has 1 aliphatic rings. The summed E-state index contributed by atoms with van der Waals surface area (Å²) in [6, 6.07) is 5.49. The van der Waals surface area contributed by atoms with Gasteiger partial charge < -0.3 is 14.7 Å². The second-order valence-electron chi connectivity index (χ2n) is 5.14. The summed E-state index contributed by atoms with van der Waals surface area (Å²) in [5, 5.41) is 9.45. The van der Waals surface area contributed by atoms with Gasteiger partial charge in [-0.2, -0.15) is 0 Å². The van der Waals surface area contributed by atoms with Crippen molar-refractivity contribution in [1.29, 1.82) is 0 Å². The molecule has 1 unspecified atom stereocenters. The second kappa shape index (κ2) is 8.15. The number of amides is 1. The maximum Gasteiger partial charge on any atom is 0.260 e. The fourth-order valence-electron chi connectivity index (χ4n) is 2.51. The van der Waals surface area contributed by atoms with Gasteiger partial charge in [-0.25, -0.2) is 0 Å². The number of aliphatic hydroxyl groups excluding tert-OH is 1. The Hall–Kier alpha value is -0.590. The molecule has 1 saturated heterocycles. The van der Waals surface area contributed by atoms with Gasteiger partial charge in [0.1, 0.15) is 5.75 Å². The first-order chi connectivity index (χ1) is 10.1. The molecule has 1 aliphatic heterocycles. The average Bonchev–Trinajstić information content (AvgIpc) is 2.71. The normalized spacial score (nSPS) is 19.2. The van der Waals surface area contributed by atoms with Gasteiger partial charge in [-0.3, -0.25) is 4.79 Å². The van der Waals surface area contributed by atoms with E-state index in [9.17, 15) is 9.90 Å². The highest BCUT2D eigenvalue weighted by Gasteiger charge is 2.25. The Kier molecular flexibility index (Phi) is 6.51. The minimum atomic E-state index is -0.0723. The molecule has 0 spiro atoms. The fourth-order valence-corrected chi connectivity index (χ4v) is 3.67. The molecule has 0 bridgehead atoms. The van der Waals surface area contributed by atoms with E-state index in [2.05, 4.69) is 31.9 Å². The van der Waals surface area contributed by atoms with Crippen LogP contribution in [-0.4, -0.2) is 41.7 Å².